The second-order valence-electron chi connectivity index (χ2n) is 3.60. The molecule has 5 nitrogen and oxygen atoms in total. The monoisotopic (exact) mass is 229 g/mol. The van der Waals surface area contributed by atoms with Gasteiger partial charge in [0.15, 0.2) is 5.82 Å². The molecule has 3 N–H and O–H groups in total. The molecular weight excluding hydrogens is 214 g/mol. The van der Waals surface area contributed by atoms with Gasteiger partial charge in [0.05, 0.1) is 0 Å². The molecule has 0 radical (unpaired) electrons. The second-order valence-corrected chi connectivity index (χ2v) is 3.60. The van der Waals surface area contributed by atoms with Crippen LogP contribution >= 0.6 is 0 Å². The Labute approximate surface area is 100 Å². The summed E-state index contributed by atoms with van der Waals surface area (Å²) in [5.74, 6) is 0.646. The van der Waals surface area contributed by atoms with E-state index in [-0.39, 0.29) is 0 Å². The van der Waals surface area contributed by atoms with E-state index in [2.05, 4.69) is 20.3 Å². The molecule has 0 amide bonds. The highest BCUT2D eigenvalue weighted by Crippen LogP contribution is 2.09. The number of hydrogen-bond donors (Lipinski definition) is 2. The Morgan fingerprint density at radius 2 is 1.94 bits per heavy atom. The molecular formula is C12H15N5. The molecule has 0 atom stereocenters. The van der Waals surface area contributed by atoms with Crippen molar-refractivity contribution in [1.82, 2.24) is 20.3 Å². The van der Waals surface area contributed by atoms with Gasteiger partial charge in [-0.15, -0.1) is 0 Å². The van der Waals surface area contributed by atoms with Crippen LogP contribution in [0.1, 0.15) is 5.56 Å². The molecule has 5 heteroatoms. The maximum Gasteiger partial charge on any atom is 0.178 e. The standard InChI is InChI=1S/C12H15N5/c13-4-6-14-7-10-8-16-12(17-9-10)11-3-1-2-5-15-11/h1-3,5,8-9,14H,4,6-7,13H2. The minimum absolute atomic E-state index is 0.632. The maximum atomic E-state index is 5.39. The van der Waals surface area contributed by atoms with Crippen molar-refractivity contribution in [2.45, 2.75) is 6.54 Å². The van der Waals surface area contributed by atoms with Crippen LogP contribution in [-0.2, 0) is 6.54 Å². The summed E-state index contributed by atoms with van der Waals surface area (Å²) in [6, 6.07) is 5.68. The maximum absolute atomic E-state index is 5.39. The summed E-state index contributed by atoms with van der Waals surface area (Å²) in [6.07, 6.45) is 5.34. The van der Waals surface area contributed by atoms with E-state index < -0.39 is 0 Å². The lowest BCUT2D eigenvalue weighted by Gasteiger charge is -2.03. The fourth-order valence-electron chi connectivity index (χ4n) is 1.41. The SMILES string of the molecule is NCCNCc1cnc(-c2ccccn2)nc1. The quantitative estimate of drug-likeness (QED) is 0.734. The molecule has 0 unspecified atom stereocenters. The third-order valence-corrected chi connectivity index (χ3v) is 2.25. The van der Waals surface area contributed by atoms with Crippen molar-refractivity contribution >= 4 is 0 Å². The third kappa shape index (κ3) is 3.30. The van der Waals surface area contributed by atoms with Crippen LogP contribution in [0.2, 0.25) is 0 Å². The summed E-state index contributed by atoms with van der Waals surface area (Å²) < 4.78 is 0. The van der Waals surface area contributed by atoms with Crippen LogP contribution in [0.5, 0.6) is 0 Å². The van der Waals surface area contributed by atoms with Crippen molar-refractivity contribution in [2.24, 2.45) is 5.73 Å². The summed E-state index contributed by atoms with van der Waals surface area (Å²) >= 11 is 0. The minimum Gasteiger partial charge on any atom is -0.329 e. The van der Waals surface area contributed by atoms with Gasteiger partial charge in [0.1, 0.15) is 5.69 Å². The Bertz CT molecular complexity index is 440. The highest BCUT2D eigenvalue weighted by Gasteiger charge is 2.01. The molecule has 0 saturated heterocycles. The van der Waals surface area contributed by atoms with Gasteiger partial charge in [-0.1, -0.05) is 6.07 Å². The van der Waals surface area contributed by atoms with Crippen LogP contribution in [0.25, 0.3) is 11.5 Å². The molecule has 0 aromatic carbocycles. The fraction of sp³-hybridized carbons (Fsp3) is 0.250. The number of hydrogen-bond acceptors (Lipinski definition) is 5. The zero-order chi connectivity index (χ0) is 11.9. The van der Waals surface area contributed by atoms with E-state index in [1.165, 1.54) is 0 Å². The lowest BCUT2D eigenvalue weighted by molar-refractivity contribution is 0.691. The van der Waals surface area contributed by atoms with Gasteiger partial charge in [-0.05, 0) is 12.1 Å². The van der Waals surface area contributed by atoms with E-state index in [0.29, 0.717) is 12.4 Å². The van der Waals surface area contributed by atoms with Crippen molar-refractivity contribution in [3.05, 3.63) is 42.4 Å². The van der Waals surface area contributed by atoms with Crippen molar-refractivity contribution in [1.29, 1.82) is 0 Å². The van der Waals surface area contributed by atoms with Crippen molar-refractivity contribution in [3.8, 4) is 11.5 Å². The van der Waals surface area contributed by atoms with E-state index >= 15 is 0 Å². The highest BCUT2D eigenvalue weighted by molar-refractivity contribution is 5.47. The van der Waals surface area contributed by atoms with E-state index in [1.54, 1.807) is 18.6 Å². The van der Waals surface area contributed by atoms with Crippen LogP contribution in [0.15, 0.2) is 36.8 Å². The first-order valence-electron chi connectivity index (χ1n) is 5.53. The van der Waals surface area contributed by atoms with Gasteiger partial charge in [-0.25, -0.2) is 9.97 Å². The van der Waals surface area contributed by atoms with Gasteiger partial charge in [0.2, 0.25) is 0 Å². The number of nitrogens with zero attached hydrogens (tertiary/aromatic N) is 3. The van der Waals surface area contributed by atoms with Crippen LogP contribution in [0.3, 0.4) is 0 Å². The molecule has 0 aliphatic carbocycles. The zero-order valence-corrected chi connectivity index (χ0v) is 9.50. The van der Waals surface area contributed by atoms with Crippen LogP contribution in [0, 0.1) is 0 Å². The Kier molecular flexibility index (Phi) is 4.12. The Hall–Kier alpha value is -1.85. The molecule has 2 aromatic heterocycles. The zero-order valence-electron chi connectivity index (χ0n) is 9.50. The van der Waals surface area contributed by atoms with E-state index in [4.69, 9.17) is 5.73 Å². The Morgan fingerprint density at radius 1 is 1.12 bits per heavy atom. The highest BCUT2D eigenvalue weighted by atomic mass is 14.9. The van der Waals surface area contributed by atoms with Gasteiger partial charge >= 0.3 is 0 Å². The van der Waals surface area contributed by atoms with Crippen LogP contribution < -0.4 is 11.1 Å². The molecule has 88 valence electrons. The van der Waals surface area contributed by atoms with Gasteiger partial charge < -0.3 is 11.1 Å². The average Bonchev–Trinajstić information content (AvgIpc) is 2.41. The van der Waals surface area contributed by atoms with Crippen molar-refractivity contribution < 1.29 is 0 Å². The van der Waals surface area contributed by atoms with Gasteiger partial charge in [0, 0.05) is 43.8 Å². The molecule has 0 aliphatic rings. The predicted molar refractivity (Wildman–Crippen MR) is 66.0 cm³/mol. The molecule has 0 saturated carbocycles. The summed E-state index contributed by atoms with van der Waals surface area (Å²) in [7, 11) is 0. The van der Waals surface area contributed by atoms with Crippen LogP contribution in [-0.4, -0.2) is 28.0 Å². The van der Waals surface area contributed by atoms with Crippen LogP contribution in [0.4, 0.5) is 0 Å². The van der Waals surface area contributed by atoms with Gasteiger partial charge in [-0.3, -0.25) is 4.98 Å². The van der Waals surface area contributed by atoms with Crippen molar-refractivity contribution in [2.75, 3.05) is 13.1 Å². The van der Waals surface area contributed by atoms with Gasteiger partial charge in [0.25, 0.3) is 0 Å². The third-order valence-electron chi connectivity index (χ3n) is 2.25. The van der Waals surface area contributed by atoms with Gasteiger partial charge in [-0.2, -0.15) is 0 Å². The largest absolute Gasteiger partial charge is 0.329 e. The lowest BCUT2D eigenvalue weighted by Crippen LogP contribution is -2.22. The average molecular weight is 229 g/mol. The topological polar surface area (TPSA) is 76.7 Å². The molecule has 0 bridgehead atoms. The summed E-state index contributed by atoms with van der Waals surface area (Å²) in [4.78, 5) is 12.8. The summed E-state index contributed by atoms with van der Waals surface area (Å²) in [6.45, 7) is 2.16. The first-order chi connectivity index (χ1) is 8.40. The van der Waals surface area contributed by atoms with E-state index in [1.807, 2.05) is 18.2 Å². The predicted octanol–water partition coefficient (Wildman–Crippen LogP) is 0.587. The lowest BCUT2D eigenvalue weighted by atomic mass is 10.3. The molecule has 0 spiro atoms. The number of rotatable bonds is 5. The molecule has 2 rings (SSSR count). The molecule has 0 fully saturated rings. The van der Waals surface area contributed by atoms with Crippen molar-refractivity contribution in [3.63, 3.8) is 0 Å². The Morgan fingerprint density at radius 3 is 2.59 bits per heavy atom. The second kappa shape index (κ2) is 6.03. The first kappa shape index (κ1) is 11.6. The van der Waals surface area contributed by atoms with E-state index in [0.717, 1.165) is 24.3 Å². The number of nitrogens with one attached hydrogen (secondary N) is 1. The molecule has 0 aliphatic heterocycles. The smallest absolute Gasteiger partial charge is 0.178 e. The van der Waals surface area contributed by atoms with E-state index in [9.17, 15) is 0 Å². The first-order valence-corrected chi connectivity index (χ1v) is 5.53. The molecule has 2 aromatic rings. The normalized spacial score (nSPS) is 10.4. The number of aromatic nitrogens is 3. The molecule has 2 heterocycles. The fourth-order valence-corrected chi connectivity index (χ4v) is 1.41. The minimum atomic E-state index is 0.632. The summed E-state index contributed by atoms with van der Waals surface area (Å²) in [5.41, 5.74) is 7.22. The number of pyridine rings is 1. The molecule has 17 heavy (non-hydrogen) atoms. The number of nitrogens with two attached hydrogens (primary N) is 1. The summed E-state index contributed by atoms with van der Waals surface area (Å²) in [5, 5.41) is 3.19. The Balaban J connectivity index is 2.03.